The standard InChI is InChI=1S/C16H15ClN4O/c17-13-5-3-7-18-16(13)21-10-8-20(9-11-21)15-12-4-1-2-6-14(12)22-19-15/h1-7H,8-11H2. The lowest BCUT2D eigenvalue weighted by molar-refractivity contribution is 0.453. The molecule has 0 bridgehead atoms. The van der Waals surface area contributed by atoms with Crippen LogP contribution in [0.5, 0.6) is 0 Å². The highest BCUT2D eigenvalue weighted by Gasteiger charge is 2.23. The number of benzene rings is 1. The topological polar surface area (TPSA) is 45.4 Å². The maximum Gasteiger partial charge on any atom is 0.180 e. The molecule has 0 spiro atoms. The highest BCUT2D eigenvalue weighted by Crippen LogP contribution is 2.28. The molecular formula is C16H15ClN4O. The number of hydrogen-bond donors (Lipinski definition) is 0. The number of rotatable bonds is 2. The maximum absolute atomic E-state index is 6.23. The van der Waals surface area contributed by atoms with Crippen molar-refractivity contribution in [2.24, 2.45) is 0 Å². The summed E-state index contributed by atoms with van der Waals surface area (Å²) in [7, 11) is 0. The number of pyridine rings is 1. The molecule has 112 valence electrons. The van der Waals surface area contributed by atoms with Crippen molar-refractivity contribution in [3.63, 3.8) is 0 Å². The second kappa shape index (κ2) is 5.50. The third kappa shape index (κ3) is 2.27. The van der Waals surface area contributed by atoms with Crippen molar-refractivity contribution in [2.75, 3.05) is 36.0 Å². The molecule has 1 aromatic carbocycles. The van der Waals surface area contributed by atoms with Crippen LogP contribution in [-0.4, -0.2) is 36.3 Å². The number of para-hydroxylation sites is 1. The highest BCUT2D eigenvalue weighted by molar-refractivity contribution is 6.32. The van der Waals surface area contributed by atoms with Gasteiger partial charge in [-0.3, -0.25) is 0 Å². The van der Waals surface area contributed by atoms with Gasteiger partial charge in [0, 0.05) is 32.4 Å². The lowest BCUT2D eigenvalue weighted by Crippen LogP contribution is -2.47. The first-order chi connectivity index (χ1) is 10.8. The van der Waals surface area contributed by atoms with Gasteiger partial charge in [0.15, 0.2) is 11.4 Å². The summed E-state index contributed by atoms with van der Waals surface area (Å²) in [5.74, 6) is 1.77. The lowest BCUT2D eigenvalue weighted by atomic mass is 10.2. The maximum atomic E-state index is 6.23. The Morgan fingerprint density at radius 2 is 1.64 bits per heavy atom. The zero-order chi connectivity index (χ0) is 14.9. The van der Waals surface area contributed by atoms with Gasteiger partial charge in [-0.05, 0) is 24.3 Å². The average molecular weight is 315 g/mol. The van der Waals surface area contributed by atoms with Crippen molar-refractivity contribution in [1.29, 1.82) is 0 Å². The molecule has 3 heterocycles. The molecule has 0 atom stereocenters. The highest BCUT2D eigenvalue weighted by atomic mass is 35.5. The van der Waals surface area contributed by atoms with Crippen molar-refractivity contribution >= 4 is 34.2 Å². The Kier molecular flexibility index (Phi) is 3.35. The molecule has 22 heavy (non-hydrogen) atoms. The molecule has 1 aliphatic rings. The van der Waals surface area contributed by atoms with E-state index in [2.05, 4.69) is 19.9 Å². The Labute approximate surface area is 133 Å². The van der Waals surface area contributed by atoms with Crippen LogP contribution in [0, 0.1) is 0 Å². The average Bonchev–Trinajstić information content (AvgIpc) is 3.00. The molecule has 0 unspecified atom stereocenters. The van der Waals surface area contributed by atoms with E-state index >= 15 is 0 Å². The van der Waals surface area contributed by atoms with Gasteiger partial charge >= 0.3 is 0 Å². The van der Waals surface area contributed by atoms with E-state index in [-0.39, 0.29) is 0 Å². The van der Waals surface area contributed by atoms with Crippen LogP contribution in [0.15, 0.2) is 47.1 Å². The van der Waals surface area contributed by atoms with Gasteiger partial charge in [0.25, 0.3) is 0 Å². The molecule has 0 amide bonds. The molecule has 0 aliphatic carbocycles. The predicted molar refractivity (Wildman–Crippen MR) is 87.7 cm³/mol. The third-order valence-electron chi connectivity index (χ3n) is 3.98. The van der Waals surface area contributed by atoms with Gasteiger partial charge < -0.3 is 14.3 Å². The molecule has 2 aromatic heterocycles. The Balaban J connectivity index is 1.54. The van der Waals surface area contributed by atoms with E-state index in [9.17, 15) is 0 Å². The molecule has 4 rings (SSSR count). The molecule has 3 aromatic rings. The molecule has 1 saturated heterocycles. The zero-order valence-electron chi connectivity index (χ0n) is 11.9. The second-order valence-electron chi connectivity index (χ2n) is 5.29. The zero-order valence-corrected chi connectivity index (χ0v) is 12.7. The minimum Gasteiger partial charge on any atom is -0.354 e. The van der Waals surface area contributed by atoms with E-state index in [4.69, 9.17) is 16.1 Å². The van der Waals surface area contributed by atoms with Crippen molar-refractivity contribution in [1.82, 2.24) is 10.1 Å². The number of fused-ring (bicyclic) bond motifs is 1. The fourth-order valence-corrected chi connectivity index (χ4v) is 3.08. The molecule has 0 radical (unpaired) electrons. The number of halogens is 1. The van der Waals surface area contributed by atoms with Crippen LogP contribution in [0.4, 0.5) is 11.6 Å². The normalized spacial score (nSPS) is 15.5. The van der Waals surface area contributed by atoms with Gasteiger partial charge in [0.2, 0.25) is 0 Å². The molecule has 1 aliphatic heterocycles. The van der Waals surface area contributed by atoms with Crippen molar-refractivity contribution in [3.8, 4) is 0 Å². The quantitative estimate of drug-likeness (QED) is 0.727. The minimum absolute atomic E-state index is 0.697. The van der Waals surface area contributed by atoms with E-state index in [0.29, 0.717) is 5.02 Å². The SMILES string of the molecule is Clc1cccnc1N1CCN(c2noc3ccccc23)CC1. The summed E-state index contributed by atoms with van der Waals surface area (Å²) >= 11 is 6.23. The van der Waals surface area contributed by atoms with E-state index in [0.717, 1.165) is 48.8 Å². The summed E-state index contributed by atoms with van der Waals surface area (Å²) in [5.41, 5.74) is 0.827. The summed E-state index contributed by atoms with van der Waals surface area (Å²) in [6.07, 6.45) is 1.78. The molecule has 5 nitrogen and oxygen atoms in total. The molecular weight excluding hydrogens is 300 g/mol. The number of anilines is 2. The van der Waals surface area contributed by atoms with Crippen LogP contribution in [0.1, 0.15) is 0 Å². The van der Waals surface area contributed by atoms with Crippen molar-refractivity contribution in [2.45, 2.75) is 0 Å². The van der Waals surface area contributed by atoms with E-state index < -0.39 is 0 Å². The Hall–Kier alpha value is -2.27. The van der Waals surface area contributed by atoms with Crippen LogP contribution in [0.3, 0.4) is 0 Å². The summed E-state index contributed by atoms with van der Waals surface area (Å²) in [6.45, 7) is 3.45. The van der Waals surface area contributed by atoms with Gasteiger partial charge in [-0.2, -0.15) is 0 Å². The molecule has 6 heteroatoms. The summed E-state index contributed by atoms with van der Waals surface area (Å²) in [6, 6.07) is 11.7. The second-order valence-corrected chi connectivity index (χ2v) is 5.69. The predicted octanol–water partition coefficient (Wildman–Crippen LogP) is 3.20. The number of hydrogen-bond acceptors (Lipinski definition) is 5. The third-order valence-corrected chi connectivity index (χ3v) is 4.27. The summed E-state index contributed by atoms with van der Waals surface area (Å²) in [4.78, 5) is 8.84. The van der Waals surface area contributed by atoms with Gasteiger partial charge in [0.05, 0.1) is 10.4 Å². The molecule has 0 saturated carbocycles. The fourth-order valence-electron chi connectivity index (χ4n) is 2.84. The Morgan fingerprint density at radius 3 is 2.41 bits per heavy atom. The first-order valence-electron chi connectivity index (χ1n) is 7.28. The van der Waals surface area contributed by atoms with E-state index in [1.54, 1.807) is 6.20 Å². The van der Waals surface area contributed by atoms with Crippen LogP contribution in [0.25, 0.3) is 11.0 Å². The van der Waals surface area contributed by atoms with Gasteiger partial charge in [-0.1, -0.05) is 28.9 Å². The molecule has 1 fully saturated rings. The van der Waals surface area contributed by atoms with Crippen molar-refractivity contribution in [3.05, 3.63) is 47.6 Å². The van der Waals surface area contributed by atoms with Crippen molar-refractivity contribution < 1.29 is 4.52 Å². The lowest BCUT2D eigenvalue weighted by Gasteiger charge is -2.35. The Bertz CT molecular complexity index is 795. The number of piperazine rings is 1. The minimum atomic E-state index is 0.697. The first kappa shape index (κ1) is 13.4. The number of nitrogens with zero attached hydrogens (tertiary/aromatic N) is 4. The summed E-state index contributed by atoms with van der Waals surface area (Å²) in [5, 5.41) is 5.98. The van der Waals surface area contributed by atoms with E-state index in [1.807, 2.05) is 36.4 Å². The van der Waals surface area contributed by atoms with Crippen LogP contribution in [0.2, 0.25) is 5.02 Å². The fraction of sp³-hybridized carbons (Fsp3) is 0.250. The smallest absolute Gasteiger partial charge is 0.180 e. The van der Waals surface area contributed by atoms with Crippen LogP contribution >= 0.6 is 11.6 Å². The van der Waals surface area contributed by atoms with Crippen LogP contribution < -0.4 is 9.80 Å². The van der Waals surface area contributed by atoms with Crippen LogP contribution in [-0.2, 0) is 0 Å². The number of aromatic nitrogens is 2. The molecule has 0 N–H and O–H groups in total. The Morgan fingerprint density at radius 1 is 0.909 bits per heavy atom. The van der Waals surface area contributed by atoms with Gasteiger partial charge in [-0.25, -0.2) is 4.98 Å². The van der Waals surface area contributed by atoms with Gasteiger partial charge in [-0.15, -0.1) is 0 Å². The largest absolute Gasteiger partial charge is 0.354 e. The van der Waals surface area contributed by atoms with Gasteiger partial charge in [0.1, 0.15) is 5.82 Å². The monoisotopic (exact) mass is 314 g/mol. The summed E-state index contributed by atoms with van der Waals surface area (Å²) < 4.78 is 5.39. The first-order valence-corrected chi connectivity index (χ1v) is 7.65. The van der Waals surface area contributed by atoms with E-state index in [1.165, 1.54) is 0 Å².